The van der Waals surface area contributed by atoms with Crippen molar-refractivity contribution in [3.8, 4) is 5.75 Å². The van der Waals surface area contributed by atoms with Gasteiger partial charge in [0.15, 0.2) is 11.7 Å². The topological polar surface area (TPSA) is 73.6 Å². The molecule has 1 unspecified atom stereocenters. The van der Waals surface area contributed by atoms with Crippen molar-refractivity contribution < 1.29 is 13.9 Å². The Hall–Kier alpha value is -2.43. The Morgan fingerprint density at radius 1 is 1.12 bits per heavy atom. The Balaban J connectivity index is 0.00000289. The predicted molar refractivity (Wildman–Crippen MR) is 136 cm³/mol. The number of aliphatic imine (C=N–C) groups is 1. The second kappa shape index (κ2) is 11.4. The van der Waals surface area contributed by atoms with Crippen LogP contribution in [0.15, 0.2) is 52.1 Å². The van der Waals surface area contributed by atoms with E-state index in [1.165, 1.54) is 6.26 Å². The van der Waals surface area contributed by atoms with Crippen molar-refractivity contribution in [1.82, 2.24) is 15.1 Å². The second-order valence-electron chi connectivity index (χ2n) is 7.96. The van der Waals surface area contributed by atoms with Gasteiger partial charge in [0.2, 0.25) is 0 Å². The summed E-state index contributed by atoms with van der Waals surface area (Å²) in [6.07, 6.45) is 2.67. The number of hydrogen-bond donors (Lipinski definition) is 1. The number of nitrogens with one attached hydrogen (secondary N) is 1. The van der Waals surface area contributed by atoms with Gasteiger partial charge in [0.05, 0.1) is 19.1 Å². The monoisotopic (exact) mass is 553 g/mol. The Kier molecular flexibility index (Phi) is 8.66. The van der Waals surface area contributed by atoms with Crippen LogP contribution in [-0.2, 0) is 0 Å². The molecular formula is C23H32IN5O3. The summed E-state index contributed by atoms with van der Waals surface area (Å²) < 4.78 is 10.8. The number of rotatable bonds is 5. The van der Waals surface area contributed by atoms with E-state index >= 15 is 0 Å². The summed E-state index contributed by atoms with van der Waals surface area (Å²) >= 11 is 0. The van der Waals surface area contributed by atoms with Crippen molar-refractivity contribution in [3.63, 3.8) is 0 Å². The number of carbonyl (C=O) groups is 1. The van der Waals surface area contributed by atoms with Crippen LogP contribution in [-0.4, -0.2) is 81.6 Å². The summed E-state index contributed by atoms with van der Waals surface area (Å²) in [6.45, 7) is 5.73. The summed E-state index contributed by atoms with van der Waals surface area (Å²) in [4.78, 5) is 23.4. The summed E-state index contributed by atoms with van der Waals surface area (Å²) in [6, 6.07) is 11.7. The number of guanidine groups is 1. The second-order valence-corrected chi connectivity index (χ2v) is 7.96. The smallest absolute Gasteiger partial charge is 0.289 e. The summed E-state index contributed by atoms with van der Waals surface area (Å²) in [5, 5.41) is 3.55. The molecule has 174 valence electrons. The molecule has 9 heteroatoms. The van der Waals surface area contributed by atoms with Gasteiger partial charge in [-0.2, -0.15) is 0 Å². The molecule has 0 spiro atoms. The lowest BCUT2D eigenvalue weighted by Crippen LogP contribution is -2.54. The molecule has 1 N–H and O–H groups in total. The maximum absolute atomic E-state index is 12.5. The molecular weight excluding hydrogens is 521 g/mol. The number of furan rings is 1. The van der Waals surface area contributed by atoms with E-state index in [9.17, 15) is 4.79 Å². The van der Waals surface area contributed by atoms with Crippen LogP contribution in [0.5, 0.6) is 5.75 Å². The number of nitrogens with zero attached hydrogens (tertiary/aromatic N) is 4. The highest BCUT2D eigenvalue weighted by molar-refractivity contribution is 14.0. The maximum Gasteiger partial charge on any atom is 0.289 e. The fourth-order valence-electron chi connectivity index (χ4n) is 4.35. The van der Waals surface area contributed by atoms with Gasteiger partial charge in [-0.15, -0.1) is 24.0 Å². The molecule has 0 bridgehead atoms. The Bertz CT molecular complexity index is 897. The molecule has 1 amide bonds. The highest BCUT2D eigenvalue weighted by Gasteiger charge is 2.27. The SMILES string of the molecule is CN=C(NCC1CCN(c2ccccc2OC)C1)N1CCN(C(=O)c2ccco2)CC1.I. The molecule has 1 aromatic carbocycles. The van der Waals surface area contributed by atoms with Crippen LogP contribution in [0.1, 0.15) is 17.0 Å². The first-order valence-corrected chi connectivity index (χ1v) is 10.9. The molecule has 0 aliphatic carbocycles. The van der Waals surface area contributed by atoms with Gasteiger partial charge in [0, 0.05) is 52.9 Å². The lowest BCUT2D eigenvalue weighted by Gasteiger charge is -2.36. The van der Waals surface area contributed by atoms with Crippen LogP contribution in [0.3, 0.4) is 0 Å². The minimum Gasteiger partial charge on any atom is -0.495 e. The third kappa shape index (κ3) is 5.48. The van der Waals surface area contributed by atoms with Gasteiger partial charge in [0.25, 0.3) is 5.91 Å². The van der Waals surface area contributed by atoms with Crippen LogP contribution in [0.4, 0.5) is 5.69 Å². The molecule has 2 fully saturated rings. The first-order valence-electron chi connectivity index (χ1n) is 10.9. The number of carbonyl (C=O) groups excluding carboxylic acids is 1. The van der Waals surface area contributed by atoms with Gasteiger partial charge >= 0.3 is 0 Å². The van der Waals surface area contributed by atoms with Gasteiger partial charge in [0.1, 0.15) is 5.75 Å². The van der Waals surface area contributed by atoms with E-state index in [-0.39, 0.29) is 29.9 Å². The van der Waals surface area contributed by atoms with Crippen molar-refractivity contribution in [2.45, 2.75) is 6.42 Å². The number of benzene rings is 1. The number of ether oxygens (including phenoxy) is 1. The number of para-hydroxylation sites is 2. The van der Waals surface area contributed by atoms with Crippen molar-refractivity contribution >= 4 is 41.5 Å². The first-order chi connectivity index (χ1) is 15.2. The van der Waals surface area contributed by atoms with E-state index in [0.29, 0.717) is 24.8 Å². The molecule has 1 atom stereocenters. The minimum atomic E-state index is -0.0463. The Morgan fingerprint density at radius 3 is 2.56 bits per heavy atom. The number of hydrogen-bond acceptors (Lipinski definition) is 5. The molecule has 32 heavy (non-hydrogen) atoms. The normalized spacial score (nSPS) is 19.0. The summed E-state index contributed by atoms with van der Waals surface area (Å²) in [5.74, 6) is 2.73. The highest BCUT2D eigenvalue weighted by Crippen LogP contribution is 2.31. The molecule has 2 aliphatic heterocycles. The fourth-order valence-corrected chi connectivity index (χ4v) is 4.35. The van der Waals surface area contributed by atoms with Gasteiger partial charge in [-0.25, -0.2) is 0 Å². The average Bonchev–Trinajstić information content (AvgIpc) is 3.52. The number of anilines is 1. The third-order valence-corrected chi connectivity index (χ3v) is 6.07. The van der Waals surface area contributed by atoms with Crippen molar-refractivity contribution in [3.05, 3.63) is 48.4 Å². The zero-order valence-corrected chi connectivity index (χ0v) is 21.0. The van der Waals surface area contributed by atoms with Crippen molar-refractivity contribution in [1.29, 1.82) is 0 Å². The lowest BCUT2D eigenvalue weighted by atomic mass is 10.1. The maximum atomic E-state index is 12.5. The third-order valence-electron chi connectivity index (χ3n) is 6.07. The van der Waals surface area contributed by atoms with Gasteiger partial charge < -0.3 is 29.2 Å². The van der Waals surface area contributed by atoms with Gasteiger partial charge in [-0.3, -0.25) is 9.79 Å². The molecule has 2 saturated heterocycles. The summed E-state index contributed by atoms with van der Waals surface area (Å²) in [5.41, 5.74) is 1.16. The first kappa shape index (κ1) is 24.2. The quantitative estimate of drug-likeness (QED) is 0.349. The molecule has 0 radical (unpaired) electrons. The standard InChI is InChI=1S/C23H31N5O3.HI/c1-24-23(27-13-11-26(12-14-27)22(29)21-8-5-15-31-21)25-16-18-9-10-28(17-18)19-6-3-4-7-20(19)30-2;/h3-8,15,18H,9-14,16-17H2,1-2H3,(H,24,25);1H. The van der Waals surface area contributed by atoms with Crippen LogP contribution < -0.4 is 15.0 Å². The Morgan fingerprint density at radius 2 is 1.88 bits per heavy atom. The minimum absolute atomic E-state index is 0. The average molecular weight is 553 g/mol. The number of methoxy groups -OCH3 is 1. The number of piperazine rings is 1. The van der Waals surface area contributed by atoms with E-state index < -0.39 is 0 Å². The van der Waals surface area contributed by atoms with Crippen LogP contribution in [0.2, 0.25) is 0 Å². The zero-order valence-electron chi connectivity index (χ0n) is 18.7. The largest absolute Gasteiger partial charge is 0.495 e. The van der Waals surface area contributed by atoms with E-state index in [1.54, 1.807) is 19.2 Å². The van der Waals surface area contributed by atoms with Crippen molar-refractivity contribution in [2.75, 3.05) is 64.9 Å². The van der Waals surface area contributed by atoms with Crippen molar-refractivity contribution in [2.24, 2.45) is 10.9 Å². The van der Waals surface area contributed by atoms with Crippen LogP contribution >= 0.6 is 24.0 Å². The van der Waals surface area contributed by atoms with E-state index in [1.807, 2.05) is 24.1 Å². The molecule has 2 aromatic rings. The van der Waals surface area contributed by atoms with Gasteiger partial charge in [-0.05, 0) is 36.6 Å². The zero-order chi connectivity index (χ0) is 21.6. The highest BCUT2D eigenvalue weighted by atomic mass is 127. The lowest BCUT2D eigenvalue weighted by molar-refractivity contribution is 0.0657. The number of amides is 1. The van der Waals surface area contributed by atoms with Gasteiger partial charge in [-0.1, -0.05) is 12.1 Å². The molecule has 2 aliphatic rings. The van der Waals surface area contributed by atoms with E-state index in [4.69, 9.17) is 9.15 Å². The Labute approximate surface area is 206 Å². The van der Waals surface area contributed by atoms with E-state index in [0.717, 1.165) is 56.5 Å². The summed E-state index contributed by atoms with van der Waals surface area (Å²) in [7, 11) is 3.54. The molecule has 0 saturated carbocycles. The molecule has 3 heterocycles. The molecule has 1 aromatic heterocycles. The molecule has 8 nitrogen and oxygen atoms in total. The van der Waals surface area contributed by atoms with Crippen LogP contribution in [0, 0.1) is 5.92 Å². The van der Waals surface area contributed by atoms with Crippen LogP contribution in [0.25, 0.3) is 0 Å². The fraction of sp³-hybridized carbons (Fsp3) is 0.478. The predicted octanol–water partition coefficient (Wildman–Crippen LogP) is 2.77. The number of halogens is 1. The molecule has 4 rings (SSSR count). The van der Waals surface area contributed by atoms with E-state index in [2.05, 4.69) is 32.2 Å².